The molecule has 2 unspecified atom stereocenters. The van der Waals surface area contributed by atoms with E-state index in [9.17, 15) is 9.90 Å². The molecule has 0 radical (unpaired) electrons. The maximum absolute atomic E-state index is 11.7. The Balaban J connectivity index is 2.63. The molecule has 118 valence electrons. The minimum absolute atomic E-state index is 0.261. The van der Waals surface area contributed by atoms with E-state index in [1.165, 1.54) is 0 Å². The van der Waals surface area contributed by atoms with Gasteiger partial charge in [-0.3, -0.25) is 4.79 Å². The summed E-state index contributed by atoms with van der Waals surface area (Å²) in [5.74, 6) is -0.399. The van der Waals surface area contributed by atoms with Crippen LogP contribution in [0.3, 0.4) is 0 Å². The monoisotopic (exact) mass is 284 g/mol. The van der Waals surface area contributed by atoms with E-state index in [0.717, 1.165) is 51.6 Å². The SMILES string of the molecule is CCNC1(C(=O)O)CCCC1CCN(C)C(CC)CC. The van der Waals surface area contributed by atoms with Crippen molar-refractivity contribution in [3.8, 4) is 0 Å². The van der Waals surface area contributed by atoms with Crippen molar-refractivity contribution in [1.82, 2.24) is 10.2 Å². The molecule has 20 heavy (non-hydrogen) atoms. The summed E-state index contributed by atoms with van der Waals surface area (Å²) in [6, 6.07) is 0.620. The minimum atomic E-state index is -0.677. The number of nitrogens with one attached hydrogen (secondary N) is 1. The third-order valence-corrected chi connectivity index (χ3v) is 5.09. The maximum atomic E-state index is 11.7. The molecule has 1 aliphatic rings. The van der Waals surface area contributed by atoms with Gasteiger partial charge in [0.25, 0.3) is 0 Å². The second-order valence-corrected chi connectivity index (χ2v) is 6.14. The number of likely N-dealkylation sites (N-methyl/N-ethyl adjacent to an activating group) is 1. The van der Waals surface area contributed by atoms with E-state index < -0.39 is 11.5 Å². The Kier molecular flexibility index (Phi) is 6.96. The first-order valence-electron chi connectivity index (χ1n) is 8.20. The lowest BCUT2D eigenvalue weighted by molar-refractivity contribution is -0.146. The highest BCUT2D eigenvalue weighted by Gasteiger charge is 2.48. The number of rotatable bonds is 9. The van der Waals surface area contributed by atoms with Crippen molar-refractivity contribution in [2.24, 2.45) is 5.92 Å². The Morgan fingerprint density at radius 1 is 1.40 bits per heavy atom. The zero-order chi connectivity index (χ0) is 15.2. The molecule has 1 saturated carbocycles. The summed E-state index contributed by atoms with van der Waals surface area (Å²) in [5.41, 5.74) is -0.677. The van der Waals surface area contributed by atoms with Crippen LogP contribution in [0.15, 0.2) is 0 Å². The lowest BCUT2D eigenvalue weighted by Gasteiger charge is -2.34. The zero-order valence-electron chi connectivity index (χ0n) is 13.6. The first-order chi connectivity index (χ1) is 9.51. The standard InChI is InChI=1S/C16H32N2O2/c1-5-14(6-2)18(4)12-10-13-9-8-11-16(13,15(19)20)17-7-3/h13-14,17H,5-12H2,1-4H3,(H,19,20). The number of carbonyl (C=O) groups is 1. The van der Waals surface area contributed by atoms with Crippen LogP contribution in [0.2, 0.25) is 0 Å². The van der Waals surface area contributed by atoms with E-state index in [0.29, 0.717) is 6.04 Å². The normalized spacial score (nSPS) is 26.6. The van der Waals surface area contributed by atoms with Crippen LogP contribution in [0.1, 0.15) is 59.3 Å². The van der Waals surface area contributed by atoms with Gasteiger partial charge in [-0.25, -0.2) is 0 Å². The molecule has 0 spiro atoms. The van der Waals surface area contributed by atoms with Gasteiger partial charge < -0.3 is 15.3 Å². The van der Waals surface area contributed by atoms with E-state index in [4.69, 9.17) is 0 Å². The van der Waals surface area contributed by atoms with Gasteiger partial charge in [0, 0.05) is 6.04 Å². The van der Waals surface area contributed by atoms with Crippen molar-refractivity contribution in [3.63, 3.8) is 0 Å². The molecular formula is C16H32N2O2. The highest BCUT2D eigenvalue weighted by molar-refractivity contribution is 5.79. The number of hydrogen-bond donors (Lipinski definition) is 2. The van der Waals surface area contributed by atoms with Gasteiger partial charge in [0.05, 0.1) is 0 Å². The van der Waals surface area contributed by atoms with Gasteiger partial charge in [0.1, 0.15) is 5.54 Å². The lowest BCUT2D eigenvalue weighted by atomic mass is 9.84. The van der Waals surface area contributed by atoms with Gasteiger partial charge in [-0.1, -0.05) is 27.2 Å². The van der Waals surface area contributed by atoms with Gasteiger partial charge >= 0.3 is 5.97 Å². The van der Waals surface area contributed by atoms with Crippen LogP contribution in [-0.4, -0.2) is 47.7 Å². The average molecular weight is 284 g/mol. The molecule has 1 rings (SSSR count). The molecule has 0 amide bonds. The second kappa shape index (κ2) is 7.99. The summed E-state index contributed by atoms with van der Waals surface area (Å²) in [7, 11) is 2.17. The molecule has 0 aromatic carbocycles. The van der Waals surface area contributed by atoms with E-state index in [2.05, 4.69) is 31.1 Å². The Morgan fingerprint density at radius 3 is 2.55 bits per heavy atom. The van der Waals surface area contributed by atoms with Crippen molar-refractivity contribution in [1.29, 1.82) is 0 Å². The third kappa shape index (κ3) is 3.73. The van der Waals surface area contributed by atoms with Crippen LogP contribution < -0.4 is 5.32 Å². The summed E-state index contributed by atoms with van der Waals surface area (Å²) in [6.07, 6.45) is 6.14. The van der Waals surface area contributed by atoms with Crippen molar-refractivity contribution in [2.45, 2.75) is 70.9 Å². The summed E-state index contributed by atoms with van der Waals surface area (Å²) in [4.78, 5) is 14.1. The predicted molar refractivity (Wildman–Crippen MR) is 83.0 cm³/mol. The zero-order valence-corrected chi connectivity index (χ0v) is 13.6. The van der Waals surface area contributed by atoms with Crippen LogP contribution in [-0.2, 0) is 4.79 Å². The molecule has 1 fully saturated rings. The molecule has 4 nitrogen and oxygen atoms in total. The van der Waals surface area contributed by atoms with E-state index >= 15 is 0 Å². The molecule has 4 heteroatoms. The first kappa shape index (κ1) is 17.4. The molecule has 0 saturated heterocycles. The Hall–Kier alpha value is -0.610. The van der Waals surface area contributed by atoms with Crippen LogP contribution in [0.4, 0.5) is 0 Å². The largest absolute Gasteiger partial charge is 0.480 e. The molecule has 2 N–H and O–H groups in total. The number of aliphatic carboxylic acids is 1. The average Bonchev–Trinajstić information content (AvgIpc) is 2.82. The van der Waals surface area contributed by atoms with Gasteiger partial charge in [-0.05, 0) is 58.2 Å². The van der Waals surface area contributed by atoms with Crippen molar-refractivity contribution in [2.75, 3.05) is 20.1 Å². The number of hydrogen-bond acceptors (Lipinski definition) is 3. The summed E-state index contributed by atoms with van der Waals surface area (Å²) in [5, 5.41) is 12.9. The van der Waals surface area contributed by atoms with Gasteiger partial charge in [-0.2, -0.15) is 0 Å². The van der Waals surface area contributed by atoms with Crippen LogP contribution in [0, 0.1) is 5.92 Å². The highest BCUT2D eigenvalue weighted by atomic mass is 16.4. The summed E-state index contributed by atoms with van der Waals surface area (Å²) < 4.78 is 0. The van der Waals surface area contributed by atoms with Gasteiger partial charge in [0.15, 0.2) is 0 Å². The molecule has 0 heterocycles. The maximum Gasteiger partial charge on any atom is 0.324 e. The first-order valence-corrected chi connectivity index (χ1v) is 8.20. The lowest BCUT2D eigenvalue weighted by Crippen LogP contribution is -2.55. The van der Waals surface area contributed by atoms with Crippen molar-refractivity contribution in [3.05, 3.63) is 0 Å². The quantitative estimate of drug-likeness (QED) is 0.683. The fraction of sp³-hybridized carbons (Fsp3) is 0.938. The molecule has 0 aliphatic heterocycles. The fourth-order valence-corrected chi connectivity index (χ4v) is 3.83. The molecule has 1 aliphatic carbocycles. The molecule has 2 atom stereocenters. The van der Waals surface area contributed by atoms with E-state index in [1.54, 1.807) is 0 Å². The number of nitrogens with zero attached hydrogens (tertiary/aromatic N) is 1. The molecular weight excluding hydrogens is 252 g/mol. The Morgan fingerprint density at radius 2 is 2.05 bits per heavy atom. The Bertz CT molecular complexity index is 305. The molecule has 0 aromatic rings. The topological polar surface area (TPSA) is 52.6 Å². The fourth-order valence-electron chi connectivity index (χ4n) is 3.83. The minimum Gasteiger partial charge on any atom is -0.480 e. The van der Waals surface area contributed by atoms with E-state index in [-0.39, 0.29) is 5.92 Å². The third-order valence-electron chi connectivity index (χ3n) is 5.09. The van der Waals surface area contributed by atoms with Gasteiger partial charge in [0.2, 0.25) is 0 Å². The van der Waals surface area contributed by atoms with Crippen LogP contribution in [0.25, 0.3) is 0 Å². The van der Waals surface area contributed by atoms with E-state index in [1.807, 2.05) is 6.92 Å². The predicted octanol–water partition coefficient (Wildman–Crippen LogP) is 2.73. The van der Waals surface area contributed by atoms with Crippen molar-refractivity contribution >= 4 is 5.97 Å². The van der Waals surface area contributed by atoms with Crippen LogP contribution >= 0.6 is 0 Å². The number of carboxylic acids is 1. The Labute approximate surface area is 123 Å². The summed E-state index contributed by atoms with van der Waals surface area (Å²) in [6.45, 7) is 8.17. The highest BCUT2D eigenvalue weighted by Crippen LogP contribution is 2.38. The number of carboxylic acid groups (broad SMARTS) is 1. The van der Waals surface area contributed by atoms with Gasteiger partial charge in [-0.15, -0.1) is 0 Å². The summed E-state index contributed by atoms with van der Waals surface area (Å²) >= 11 is 0. The molecule has 0 aromatic heterocycles. The molecule has 0 bridgehead atoms. The van der Waals surface area contributed by atoms with Crippen molar-refractivity contribution < 1.29 is 9.90 Å². The smallest absolute Gasteiger partial charge is 0.324 e. The second-order valence-electron chi connectivity index (χ2n) is 6.14. The van der Waals surface area contributed by atoms with Crippen LogP contribution in [0.5, 0.6) is 0 Å².